The van der Waals surface area contributed by atoms with Crippen molar-refractivity contribution in [2.75, 3.05) is 12.5 Å². The third-order valence-electron chi connectivity index (χ3n) is 2.23. The van der Waals surface area contributed by atoms with Gasteiger partial charge < -0.3 is 4.74 Å². The maximum absolute atomic E-state index is 12.6. The van der Waals surface area contributed by atoms with Crippen molar-refractivity contribution in [3.05, 3.63) is 34.9 Å². The Balaban J connectivity index is 3.09. The van der Waals surface area contributed by atoms with Crippen LogP contribution in [0, 0.1) is 11.8 Å². The summed E-state index contributed by atoms with van der Waals surface area (Å²) in [7, 11) is 0. The van der Waals surface area contributed by atoms with E-state index in [9.17, 15) is 31.1 Å². The van der Waals surface area contributed by atoms with Crippen LogP contribution in [0.2, 0.25) is 0 Å². The van der Waals surface area contributed by atoms with Gasteiger partial charge in [-0.15, -0.1) is 11.6 Å². The summed E-state index contributed by atoms with van der Waals surface area (Å²) in [5.41, 5.74) is -3.43. The van der Waals surface area contributed by atoms with Crippen molar-refractivity contribution in [3.63, 3.8) is 0 Å². The van der Waals surface area contributed by atoms with Crippen LogP contribution < -0.4 is 0 Å². The highest BCUT2D eigenvalue weighted by Gasteiger charge is 2.36. The molecule has 0 aliphatic rings. The molecule has 0 aliphatic heterocycles. The Morgan fingerprint density at radius 1 is 1.05 bits per heavy atom. The average Bonchev–Trinajstić information content (AvgIpc) is 2.41. The van der Waals surface area contributed by atoms with Crippen molar-refractivity contribution in [1.29, 1.82) is 0 Å². The Labute approximate surface area is 126 Å². The van der Waals surface area contributed by atoms with Crippen LogP contribution in [0.5, 0.6) is 0 Å². The van der Waals surface area contributed by atoms with Crippen LogP contribution in [0.3, 0.4) is 0 Å². The molecule has 0 fully saturated rings. The number of carbonyl (C=O) groups excluding carboxylic acids is 1. The molecular formula is C13H7ClF6O2. The second-order valence-corrected chi connectivity index (χ2v) is 4.16. The first-order valence-corrected chi connectivity index (χ1v) is 6.07. The zero-order valence-corrected chi connectivity index (χ0v) is 11.4. The standard InChI is InChI=1S/C13H7ClF6O2/c14-7-11(21)22-3-1-2-8-4-9(12(15,16)17)6-10(5-8)13(18,19)20/h4-6H,3,7H2. The Morgan fingerprint density at radius 2 is 1.55 bits per heavy atom. The van der Waals surface area contributed by atoms with Crippen LogP contribution in [-0.2, 0) is 21.9 Å². The number of alkyl halides is 7. The van der Waals surface area contributed by atoms with Crippen molar-refractivity contribution < 1.29 is 35.9 Å². The highest BCUT2D eigenvalue weighted by Crippen LogP contribution is 2.36. The molecule has 120 valence electrons. The first-order valence-electron chi connectivity index (χ1n) is 5.54. The largest absolute Gasteiger partial charge is 0.452 e. The van der Waals surface area contributed by atoms with Crippen LogP contribution in [0.15, 0.2) is 18.2 Å². The van der Waals surface area contributed by atoms with E-state index >= 15 is 0 Å². The predicted octanol–water partition coefficient (Wildman–Crippen LogP) is 3.86. The smallest absolute Gasteiger partial charge is 0.416 e. The molecule has 1 rings (SSSR count). The van der Waals surface area contributed by atoms with Gasteiger partial charge >= 0.3 is 18.3 Å². The van der Waals surface area contributed by atoms with Gasteiger partial charge in [0.25, 0.3) is 0 Å². The van der Waals surface area contributed by atoms with Gasteiger partial charge in [-0.25, -0.2) is 0 Å². The summed E-state index contributed by atoms with van der Waals surface area (Å²) in [6.45, 7) is -0.497. The molecule has 1 aromatic rings. The molecule has 0 aliphatic carbocycles. The van der Waals surface area contributed by atoms with Gasteiger partial charge in [-0.05, 0) is 18.2 Å². The van der Waals surface area contributed by atoms with E-state index in [1.54, 1.807) is 0 Å². The first kappa shape index (κ1) is 18.2. The summed E-state index contributed by atoms with van der Waals surface area (Å²) in [6, 6.07) is 0.954. The minimum Gasteiger partial charge on any atom is -0.452 e. The number of carbonyl (C=O) groups is 1. The molecule has 0 N–H and O–H groups in total. The van der Waals surface area contributed by atoms with Crippen LogP contribution in [-0.4, -0.2) is 18.5 Å². The summed E-state index contributed by atoms with van der Waals surface area (Å²) in [5, 5.41) is 0. The molecule has 0 radical (unpaired) electrons. The summed E-state index contributed by atoms with van der Waals surface area (Å²) in [5.74, 6) is 2.97. The lowest BCUT2D eigenvalue weighted by atomic mass is 10.1. The van der Waals surface area contributed by atoms with Gasteiger partial charge in [0.05, 0.1) is 11.1 Å². The van der Waals surface area contributed by atoms with E-state index in [4.69, 9.17) is 11.6 Å². The fourth-order valence-electron chi connectivity index (χ4n) is 1.32. The number of benzene rings is 1. The van der Waals surface area contributed by atoms with E-state index in [1.165, 1.54) is 0 Å². The zero-order chi connectivity index (χ0) is 17.0. The molecule has 0 aromatic heterocycles. The maximum Gasteiger partial charge on any atom is 0.416 e. The van der Waals surface area contributed by atoms with Crippen molar-refractivity contribution in [1.82, 2.24) is 0 Å². The second-order valence-electron chi connectivity index (χ2n) is 3.89. The zero-order valence-electron chi connectivity index (χ0n) is 10.6. The van der Waals surface area contributed by atoms with Crippen LogP contribution in [0.1, 0.15) is 16.7 Å². The SMILES string of the molecule is O=C(CCl)OCC#Cc1cc(C(F)(F)F)cc(C(F)(F)F)c1. The Bertz CT molecular complexity index is 577. The molecule has 0 saturated carbocycles. The summed E-state index contributed by atoms with van der Waals surface area (Å²) >= 11 is 5.12. The second kappa shape index (κ2) is 6.92. The van der Waals surface area contributed by atoms with Crippen molar-refractivity contribution >= 4 is 17.6 Å². The molecule has 0 heterocycles. The Hall–Kier alpha value is -1.88. The molecule has 0 amide bonds. The third-order valence-corrected chi connectivity index (χ3v) is 2.45. The summed E-state index contributed by atoms with van der Waals surface area (Å²) in [6.07, 6.45) is -9.88. The first-order chi connectivity index (χ1) is 10.0. The van der Waals surface area contributed by atoms with E-state index in [0.29, 0.717) is 12.1 Å². The van der Waals surface area contributed by atoms with Gasteiger partial charge in [-0.2, -0.15) is 26.3 Å². The minimum atomic E-state index is -4.94. The van der Waals surface area contributed by atoms with E-state index in [2.05, 4.69) is 16.6 Å². The van der Waals surface area contributed by atoms with E-state index in [-0.39, 0.29) is 6.07 Å². The third kappa shape index (κ3) is 5.48. The Morgan fingerprint density at radius 3 is 1.95 bits per heavy atom. The number of halogens is 7. The van der Waals surface area contributed by atoms with Crippen molar-refractivity contribution in [3.8, 4) is 11.8 Å². The van der Waals surface area contributed by atoms with Gasteiger partial charge in [0.2, 0.25) is 0 Å². The van der Waals surface area contributed by atoms with Gasteiger partial charge in [0.15, 0.2) is 6.61 Å². The molecule has 1 aromatic carbocycles. The van der Waals surface area contributed by atoms with Crippen molar-refractivity contribution in [2.24, 2.45) is 0 Å². The van der Waals surface area contributed by atoms with Gasteiger partial charge in [-0.1, -0.05) is 11.8 Å². The fraction of sp³-hybridized carbons (Fsp3) is 0.308. The van der Waals surface area contributed by atoms with Gasteiger partial charge in [-0.3, -0.25) is 4.79 Å². The van der Waals surface area contributed by atoms with E-state index in [1.807, 2.05) is 0 Å². The highest BCUT2D eigenvalue weighted by molar-refractivity contribution is 6.26. The topological polar surface area (TPSA) is 26.3 Å². The summed E-state index contributed by atoms with van der Waals surface area (Å²) < 4.78 is 79.9. The molecule has 0 unspecified atom stereocenters. The molecule has 2 nitrogen and oxygen atoms in total. The molecule has 0 saturated heterocycles. The van der Waals surface area contributed by atoms with Gasteiger partial charge in [0, 0.05) is 5.56 Å². The van der Waals surface area contributed by atoms with E-state index < -0.39 is 47.5 Å². The van der Waals surface area contributed by atoms with Crippen molar-refractivity contribution in [2.45, 2.75) is 12.4 Å². The number of rotatable bonds is 2. The highest BCUT2D eigenvalue weighted by atomic mass is 35.5. The molecule has 9 heteroatoms. The molecule has 22 heavy (non-hydrogen) atoms. The molecule has 0 atom stereocenters. The van der Waals surface area contributed by atoms with Crippen LogP contribution in [0.4, 0.5) is 26.3 Å². The van der Waals surface area contributed by atoms with Crippen LogP contribution >= 0.6 is 11.6 Å². The molecule has 0 spiro atoms. The number of hydrogen-bond acceptors (Lipinski definition) is 2. The lowest BCUT2D eigenvalue weighted by Gasteiger charge is -2.12. The quantitative estimate of drug-likeness (QED) is 0.352. The fourth-order valence-corrected chi connectivity index (χ4v) is 1.40. The van der Waals surface area contributed by atoms with E-state index in [0.717, 1.165) is 0 Å². The average molecular weight is 345 g/mol. The van der Waals surface area contributed by atoms with Gasteiger partial charge in [0.1, 0.15) is 5.88 Å². The molecular weight excluding hydrogens is 338 g/mol. The number of esters is 1. The predicted molar refractivity (Wildman–Crippen MR) is 65.0 cm³/mol. The Kier molecular flexibility index (Phi) is 5.72. The lowest BCUT2D eigenvalue weighted by Crippen LogP contribution is -2.11. The lowest BCUT2D eigenvalue weighted by molar-refractivity contribution is -0.143. The maximum atomic E-state index is 12.6. The van der Waals surface area contributed by atoms with Crippen LogP contribution in [0.25, 0.3) is 0 Å². The minimum absolute atomic E-state index is 0.00129. The summed E-state index contributed by atoms with van der Waals surface area (Å²) in [4.78, 5) is 10.7. The molecule has 0 bridgehead atoms. The normalized spacial score (nSPS) is 11.6. The number of hydrogen-bond donors (Lipinski definition) is 0. The monoisotopic (exact) mass is 344 g/mol. The number of ether oxygens (including phenoxy) is 1.